The first-order valence-corrected chi connectivity index (χ1v) is 5.77. The molecule has 1 aromatic heterocycles. The van der Waals surface area contributed by atoms with Crippen molar-refractivity contribution in [3.63, 3.8) is 0 Å². The molecule has 5 nitrogen and oxygen atoms in total. The van der Waals surface area contributed by atoms with Crippen LogP contribution < -0.4 is 0 Å². The molecule has 0 fully saturated rings. The maximum Gasteiger partial charge on any atom is 0.410 e. The molecule has 1 heterocycles. The molecule has 1 unspecified atom stereocenters. The molecular weight excluding hydrogens is 251 g/mol. The van der Waals surface area contributed by atoms with Crippen molar-refractivity contribution in [2.45, 2.75) is 32.4 Å². The lowest BCUT2D eigenvalue weighted by Crippen LogP contribution is -2.37. The topological polar surface area (TPSA) is 59.5 Å². The summed E-state index contributed by atoms with van der Waals surface area (Å²) < 4.78 is 18.7. The second-order valence-electron chi connectivity index (χ2n) is 5.07. The second-order valence-corrected chi connectivity index (χ2v) is 5.07. The van der Waals surface area contributed by atoms with Crippen molar-refractivity contribution < 1.29 is 18.7 Å². The van der Waals surface area contributed by atoms with Crippen molar-refractivity contribution in [2.24, 2.45) is 0 Å². The third kappa shape index (κ3) is 4.01. The number of aromatic nitrogens is 1. The fraction of sp³-hybridized carbons (Fsp3) is 0.462. The van der Waals surface area contributed by atoms with Crippen LogP contribution in [-0.2, 0) is 9.53 Å². The average molecular weight is 268 g/mol. The highest BCUT2D eigenvalue weighted by Crippen LogP contribution is 2.21. The normalized spacial score (nSPS) is 12.7. The Balaban J connectivity index is 2.95. The van der Waals surface area contributed by atoms with Crippen LogP contribution in [0.5, 0.6) is 0 Å². The number of carbonyl (C=O) groups excluding carboxylic acids is 2. The van der Waals surface area contributed by atoms with Gasteiger partial charge in [-0.1, -0.05) is 0 Å². The van der Waals surface area contributed by atoms with Crippen LogP contribution in [-0.4, -0.2) is 34.9 Å². The lowest BCUT2D eigenvalue weighted by molar-refractivity contribution is -0.112. The molecule has 0 bridgehead atoms. The molecule has 1 aromatic rings. The van der Waals surface area contributed by atoms with Crippen LogP contribution in [0.4, 0.5) is 9.18 Å². The summed E-state index contributed by atoms with van der Waals surface area (Å²) in [5, 5.41) is 0. The fourth-order valence-corrected chi connectivity index (χ4v) is 1.45. The van der Waals surface area contributed by atoms with E-state index in [2.05, 4.69) is 4.98 Å². The van der Waals surface area contributed by atoms with E-state index in [1.54, 1.807) is 20.8 Å². The molecule has 0 radical (unpaired) electrons. The first kappa shape index (κ1) is 15.1. The molecule has 6 heteroatoms. The monoisotopic (exact) mass is 268 g/mol. The first-order chi connectivity index (χ1) is 8.76. The van der Waals surface area contributed by atoms with E-state index < -0.39 is 23.6 Å². The van der Waals surface area contributed by atoms with Crippen molar-refractivity contribution >= 4 is 12.4 Å². The number of amides is 1. The number of ether oxygens (including phenoxy) is 1. The van der Waals surface area contributed by atoms with Gasteiger partial charge < -0.3 is 9.53 Å². The predicted molar refractivity (Wildman–Crippen MR) is 67.0 cm³/mol. The SMILES string of the molecule is CN(C(=O)OC(C)(C)C)C(C=O)c1ccncc1F. The number of halogens is 1. The Hall–Kier alpha value is -1.98. The summed E-state index contributed by atoms with van der Waals surface area (Å²) in [5.74, 6) is -0.644. The highest BCUT2D eigenvalue weighted by molar-refractivity contribution is 5.74. The third-order valence-corrected chi connectivity index (χ3v) is 2.35. The fourth-order valence-electron chi connectivity index (χ4n) is 1.45. The zero-order valence-corrected chi connectivity index (χ0v) is 11.4. The number of carbonyl (C=O) groups is 2. The van der Waals surface area contributed by atoms with Gasteiger partial charge in [-0.05, 0) is 26.8 Å². The summed E-state index contributed by atoms with van der Waals surface area (Å²) in [4.78, 5) is 27.6. The smallest absolute Gasteiger partial charge is 0.410 e. The number of pyridine rings is 1. The minimum Gasteiger partial charge on any atom is -0.444 e. The van der Waals surface area contributed by atoms with Gasteiger partial charge in [0.1, 0.15) is 23.7 Å². The lowest BCUT2D eigenvalue weighted by Gasteiger charge is -2.28. The van der Waals surface area contributed by atoms with E-state index in [0.717, 1.165) is 11.1 Å². The summed E-state index contributed by atoms with van der Waals surface area (Å²) in [6.07, 6.45) is 2.15. The number of likely N-dealkylation sites (N-methyl/N-ethyl adjacent to an activating group) is 1. The molecule has 0 aromatic carbocycles. The molecule has 1 rings (SSSR count). The van der Waals surface area contributed by atoms with Gasteiger partial charge in [0.25, 0.3) is 0 Å². The molecule has 0 aliphatic rings. The second kappa shape index (κ2) is 5.77. The lowest BCUT2D eigenvalue weighted by atomic mass is 10.1. The van der Waals surface area contributed by atoms with E-state index in [1.165, 1.54) is 19.3 Å². The molecule has 0 saturated heterocycles. The largest absolute Gasteiger partial charge is 0.444 e. The van der Waals surface area contributed by atoms with Crippen LogP contribution in [0.25, 0.3) is 0 Å². The van der Waals surface area contributed by atoms with Gasteiger partial charge in [0.2, 0.25) is 0 Å². The standard InChI is InChI=1S/C13H17FN2O3/c1-13(2,3)19-12(18)16(4)11(8-17)9-5-6-15-7-10(9)14/h5-8,11H,1-4H3. The Morgan fingerprint density at radius 3 is 2.63 bits per heavy atom. The van der Waals surface area contributed by atoms with Crippen LogP contribution in [0.2, 0.25) is 0 Å². The van der Waals surface area contributed by atoms with Crippen molar-refractivity contribution in [1.29, 1.82) is 0 Å². The van der Waals surface area contributed by atoms with Gasteiger partial charge in [0, 0.05) is 18.8 Å². The zero-order chi connectivity index (χ0) is 14.6. The van der Waals surface area contributed by atoms with Crippen LogP contribution in [0.1, 0.15) is 32.4 Å². The van der Waals surface area contributed by atoms with Crippen molar-refractivity contribution in [3.8, 4) is 0 Å². The van der Waals surface area contributed by atoms with Crippen LogP contribution in [0.3, 0.4) is 0 Å². The molecule has 104 valence electrons. The van der Waals surface area contributed by atoms with Gasteiger partial charge in [-0.2, -0.15) is 0 Å². The minimum absolute atomic E-state index is 0.0818. The quantitative estimate of drug-likeness (QED) is 0.789. The molecule has 0 aliphatic heterocycles. The van der Waals surface area contributed by atoms with Crippen LogP contribution in [0.15, 0.2) is 18.5 Å². The van der Waals surface area contributed by atoms with E-state index in [4.69, 9.17) is 4.74 Å². The Labute approximate surface area is 111 Å². The summed E-state index contributed by atoms with van der Waals surface area (Å²) in [7, 11) is 1.38. The summed E-state index contributed by atoms with van der Waals surface area (Å²) >= 11 is 0. The van der Waals surface area contributed by atoms with Crippen molar-refractivity contribution in [1.82, 2.24) is 9.88 Å². The zero-order valence-electron chi connectivity index (χ0n) is 11.4. The highest BCUT2D eigenvalue weighted by Gasteiger charge is 2.27. The maximum atomic E-state index is 13.6. The van der Waals surface area contributed by atoms with Crippen LogP contribution >= 0.6 is 0 Å². The van der Waals surface area contributed by atoms with Crippen molar-refractivity contribution in [2.75, 3.05) is 7.05 Å². The predicted octanol–water partition coefficient (Wildman–Crippen LogP) is 2.33. The van der Waals surface area contributed by atoms with Crippen molar-refractivity contribution in [3.05, 3.63) is 29.8 Å². The minimum atomic E-state index is -1.04. The molecule has 0 N–H and O–H groups in total. The molecule has 0 aliphatic carbocycles. The average Bonchev–Trinajstić information content (AvgIpc) is 2.30. The van der Waals surface area contributed by atoms with Gasteiger partial charge in [0.05, 0.1) is 6.20 Å². The van der Waals surface area contributed by atoms with E-state index in [0.29, 0.717) is 6.29 Å². The Kier molecular flexibility index (Phi) is 4.58. The molecule has 1 amide bonds. The van der Waals surface area contributed by atoms with E-state index in [-0.39, 0.29) is 5.56 Å². The maximum absolute atomic E-state index is 13.6. The van der Waals surface area contributed by atoms with Gasteiger partial charge in [-0.3, -0.25) is 9.88 Å². The van der Waals surface area contributed by atoms with Gasteiger partial charge in [0.15, 0.2) is 0 Å². The third-order valence-electron chi connectivity index (χ3n) is 2.35. The molecule has 0 saturated carbocycles. The Bertz CT molecular complexity index is 471. The number of hydrogen-bond donors (Lipinski definition) is 0. The Morgan fingerprint density at radius 2 is 2.16 bits per heavy atom. The molecule has 0 spiro atoms. The Morgan fingerprint density at radius 1 is 1.53 bits per heavy atom. The van der Waals surface area contributed by atoms with E-state index in [1.807, 2.05) is 0 Å². The number of hydrogen-bond acceptors (Lipinski definition) is 4. The molecule has 1 atom stereocenters. The number of nitrogens with zero attached hydrogens (tertiary/aromatic N) is 2. The highest BCUT2D eigenvalue weighted by atomic mass is 19.1. The molecular formula is C13H17FN2O3. The summed E-state index contributed by atoms with van der Waals surface area (Å²) in [6.45, 7) is 5.13. The summed E-state index contributed by atoms with van der Waals surface area (Å²) in [5.41, 5.74) is -0.603. The summed E-state index contributed by atoms with van der Waals surface area (Å²) in [6, 6.07) is 0.313. The first-order valence-electron chi connectivity index (χ1n) is 5.77. The number of rotatable bonds is 3. The van der Waals surface area contributed by atoms with Crippen LogP contribution in [0, 0.1) is 5.82 Å². The van der Waals surface area contributed by atoms with Gasteiger partial charge in [-0.25, -0.2) is 9.18 Å². The van der Waals surface area contributed by atoms with Gasteiger partial charge in [-0.15, -0.1) is 0 Å². The molecule has 19 heavy (non-hydrogen) atoms. The van der Waals surface area contributed by atoms with Gasteiger partial charge >= 0.3 is 6.09 Å². The van der Waals surface area contributed by atoms with E-state index >= 15 is 0 Å². The van der Waals surface area contributed by atoms with E-state index in [9.17, 15) is 14.0 Å². The number of aldehydes is 1.